The molecule has 2 aromatic rings. The molecule has 0 radical (unpaired) electrons. The average molecular weight is 253 g/mol. The van der Waals surface area contributed by atoms with Crippen LogP contribution >= 0.6 is 0 Å². The number of ketones is 1. The first kappa shape index (κ1) is 13.3. The first-order chi connectivity index (χ1) is 8.99. The number of nitrogens with two attached hydrogens (primary N) is 1. The van der Waals surface area contributed by atoms with E-state index in [9.17, 15) is 4.79 Å². The Bertz CT molecular complexity index is 629. The number of Topliss-reactive ketones (excluding diaryl/α,β-unsaturated/α-hetero) is 1. The molecule has 0 atom stereocenters. The number of carbonyl (C=O) groups is 1. The van der Waals surface area contributed by atoms with Crippen molar-refractivity contribution < 1.29 is 4.79 Å². The minimum absolute atomic E-state index is 0.148. The third-order valence-corrected chi connectivity index (χ3v) is 3.53. The predicted octanol–water partition coefficient (Wildman–Crippen LogP) is 3.62. The molecule has 0 bridgehead atoms. The fourth-order valence-electron chi connectivity index (χ4n) is 2.22. The summed E-state index contributed by atoms with van der Waals surface area (Å²) in [5.41, 5.74) is 11.5. The van der Waals surface area contributed by atoms with Crippen LogP contribution in [0.2, 0.25) is 0 Å². The smallest absolute Gasteiger partial charge is 0.167 e. The highest BCUT2D eigenvalue weighted by atomic mass is 16.1. The number of anilines is 1. The van der Waals surface area contributed by atoms with E-state index in [0.29, 0.717) is 6.42 Å². The molecular weight excluding hydrogens is 234 g/mol. The first-order valence-electron chi connectivity index (χ1n) is 6.43. The maximum atomic E-state index is 12.4. The Kier molecular flexibility index (Phi) is 3.70. The summed E-state index contributed by atoms with van der Waals surface area (Å²) in [4.78, 5) is 12.4. The molecule has 0 fully saturated rings. The van der Waals surface area contributed by atoms with Crippen molar-refractivity contribution in [2.75, 3.05) is 5.73 Å². The Morgan fingerprint density at radius 1 is 1.00 bits per heavy atom. The molecule has 2 N–H and O–H groups in total. The lowest BCUT2D eigenvalue weighted by atomic mass is 9.95. The lowest BCUT2D eigenvalue weighted by Gasteiger charge is -2.10. The normalized spacial score (nSPS) is 10.5. The molecular formula is C17H19NO. The monoisotopic (exact) mass is 253 g/mol. The van der Waals surface area contributed by atoms with Crippen molar-refractivity contribution in [3.05, 3.63) is 64.2 Å². The van der Waals surface area contributed by atoms with Gasteiger partial charge in [0.05, 0.1) is 0 Å². The van der Waals surface area contributed by atoms with Gasteiger partial charge in [0.25, 0.3) is 0 Å². The minimum atomic E-state index is 0.148. The van der Waals surface area contributed by atoms with E-state index < -0.39 is 0 Å². The van der Waals surface area contributed by atoms with Crippen LogP contribution in [-0.4, -0.2) is 5.78 Å². The lowest BCUT2D eigenvalue weighted by Crippen LogP contribution is -2.08. The summed E-state index contributed by atoms with van der Waals surface area (Å²) in [5.74, 6) is 0.148. The van der Waals surface area contributed by atoms with Crippen LogP contribution in [0.3, 0.4) is 0 Å². The van der Waals surface area contributed by atoms with Crippen LogP contribution in [0.25, 0.3) is 0 Å². The number of carbonyl (C=O) groups excluding carboxylic acids is 1. The Morgan fingerprint density at radius 2 is 1.68 bits per heavy atom. The molecule has 0 aliphatic heterocycles. The molecule has 0 aliphatic rings. The van der Waals surface area contributed by atoms with E-state index in [2.05, 4.69) is 0 Å². The molecule has 0 aliphatic carbocycles. The van der Waals surface area contributed by atoms with Crippen molar-refractivity contribution >= 4 is 11.5 Å². The molecule has 0 saturated heterocycles. The van der Waals surface area contributed by atoms with Crippen LogP contribution in [0, 0.1) is 20.8 Å². The molecule has 0 aromatic heterocycles. The van der Waals surface area contributed by atoms with Gasteiger partial charge in [0.2, 0.25) is 0 Å². The van der Waals surface area contributed by atoms with Gasteiger partial charge in [-0.2, -0.15) is 0 Å². The Morgan fingerprint density at radius 3 is 2.37 bits per heavy atom. The second-order valence-electron chi connectivity index (χ2n) is 5.05. The van der Waals surface area contributed by atoms with Crippen molar-refractivity contribution in [3.63, 3.8) is 0 Å². The largest absolute Gasteiger partial charge is 0.399 e. The molecule has 0 heterocycles. The average Bonchev–Trinajstić information content (AvgIpc) is 2.36. The zero-order valence-corrected chi connectivity index (χ0v) is 11.7. The first-order valence-corrected chi connectivity index (χ1v) is 6.43. The number of hydrogen-bond acceptors (Lipinski definition) is 2. The SMILES string of the molecule is Cc1cc(C(=O)Cc2ccccc2C)c(C)cc1N. The maximum absolute atomic E-state index is 12.4. The van der Waals surface area contributed by atoms with E-state index in [0.717, 1.165) is 33.5 Å². The van der Waals surface area contributed by atoms with E-state index >= 15 is 0 Å². The lowest BCUT2D eigenvalue weighted by molar-refractivity contribution is 0.0992. The van der Waals surface area contributed by atoms with Crippen molar-refractivity contribution in [3.8, 4) is 0 Å². The summed E-state index contributed by atoms with van der Waals surface area (Å²) >= 11 is 0. The van der Waals surface area contributed by atoms with Crippen LogP contribution in [0.1, 0.15) is 32.6 Å². The van der Waals surface area contributed by atoms with E-state index in [-0.39, 0.29) is 5.78 Å². The van der Waals surface area contributed by atoms with E-state index in [1.165, 1.54) is 0 Å². The molecule has 98 valence electrons. The van der Waals surface area contributed by atoms with Gasteiger partial charge in [-0.15, -0.1) is 0 Å². The van der Waals surface area contributed by atoms with E-state index in [1.54, 1.807) is 0 Å². The third kappa shape index (κ3) is 2.84. The Labute approximate surface area is 114 Å². The van der Waals surface area contributed by atoms with Gasteiger partial charge < -0.3 is 5.73 Å². The fourth-order valence-corrected chi connectivity index (χ4v) is 2.22. The summed E-state index contributed by atoms with van der Waals surface area (Å²) in [6, 6.07) is 11.8. The highest BCUT2D eigenvalue weighted by Gasteiger charge is 2.12. The van der Waals surface area contributed by atoms with Crippen LogP contribution in [0.15, 0.2) is 36.4 Å². The molecule has 2 rings (SSSR count). The zero-order chi connectivity index (χ0) is 14.0. The molecule has 0 saturated carbocycles. The third-order valence-electron chi connectivity index (χ3n) is 3.53. The molecule has 0 amide bonds. The van der Waals surface area contributed by atoms with Gasteiger partial charge >= 0.3 is 0 Å². The molecule has 2 heteroatoms. The second-order valence-corrected chi connectivity index (χ2v) is 5.05. The van der Waals surface area contributed by atoms with E-state index in [4.69, 9.17) is 5.73 Å². The number of hydrogen-bond donors (Lipinski definition) is 1. The topological polar surface area (TPSA) is 43.1 Å². The van der Waals surface area contributed by atoms with Crippen molar-refractivity contribution in [2.45, 2.75) is 27.2 Å². The van der Waals surface area contributed by atoms with Gasteiger partial charge in [0.1, 0.15) is 0 Å². The maximum Gasteiger partial charge on any atom is 0.167 e. The highest BCUT2D eigenvalue weighted by molar-refractivity contribution is 5.99. The fraction of sp³-hybridized carbons (Fsp3) is 0.235. The summed E-state index contributed by atoms with van der Waals surface area (Å²) in [5, 5.41) is 0. The number of aryl methyl sites for hydroxylation is 3. The summed E-state index contributed by atoms with van der Waals surface area (Å²) < 4.78 is 0. The van der Waals surface area contributed by atoms with Gasteiger partial charge in [-0.25, -0.2) is 0 Å². The standard InChI is InChI=1S/C17H19NO/c1-11-6-4-5-7-14(11)10-17(19)15-8-13(3)16(18)9-12(15)2/h4-9H,10,18H2,1-3H3. The van der Waals surface area contributed by atoms with Crippen molar-refractivity contribution in [1.82, 2.24) is 0 Å². The van der Waals surface area contributed by atoms with Crippen LogP contribution in [0.5, 0.6) is 0 Å². The molecule has 2 nitrogen and oxygen atoms in total. The molecule has 19 heavy (non-hydrogen) atoms. The van der Waals surface area contributed by atoms with Gasteiger partial charge in [0.15, 0.2) is 5.78 Å². The summed E-state index contributed by atoms with van der Waals surface area (Å²) in [6.07, 6.45) is 0.441. The van der Waals surface area contributed by atoms with Crippen molar-refractivity contribution in [2.24, 2.45) is 0 Å². The quantitative estimate of drug-likeness (QED) is 0.670. The minimum Gasteiger partial charge on any atom is -0.399 e. The van der Waals surface area contributed by atoms with Crippen LogP contribution < -0.4 is 5.73 Å². The molecule has 0 spiro atoms. The van der Waals surface area contributed by atoms with Crippen LogP contribution in [-0.2, 0) is 6.42 Å². The molecule has 2 aromatic carbocycles. The second kappa shape index (κ2) is 5.27. The molecule has 0 unspecified atom stereocenters. The Balaban J connectivity index is 2.31. The predicted molar refractivity (Wildman–Crippen MR) is 79.5 cm³/mol. The Hall–Kier alpha value is -2.09. The highest BCUT2D eigenvalue weighted by Crippen LogP contribution is 2.20. The van der Waals surface area contributed by atoms with Gasteiger partial charge in [-0.1, -0.05) is 24.3 Å². The number of benzene rings is 2. The number of rotatable bonds is 3. The van der Waals surface area contributed by atoms with Crippen molar-refractivity contribution in [1.29, 1.82) is 0 Å². The summed E-state index contributed by atoms with van der Waals surface area (Å²) in [7, 11) is 0. The zero-order valence-electron chi connectivity index (χ0n) is 11.7. The van der Waals surface area contributed by atoms with Gasteiger partial charge in [-0.3, -0.25) is 4.79 Å². The van der Waals surface area contributed by atoms with Gasteiger partial charge in [-0.05, 0) is 55.2 Å². The number of nitrogen functional groups attached to an aromatic ring is 1. The van der Waals surface area contributed by atoms with E-state index in [1.807, 2.05) is 57.2 Å². The van der Waals surface area contributed by atoms with Crippen LogP contribution in [0.4, 0.5) is 5.69 Å². The van der Waals surface area contributed by atoms with Gasteiger partial charge in [0, 0.05) is 17.7 Å². The summed E-state index contributed by atoms with van der Waals surface area (Å²) in [6.45, 7) is 5.89.